The van der Waals surface area contributed by atoms with E-state index in [1.807, 2.05) is 42.5 Å². The molecule has 0 heterocycles. The average molecular weight is 307 g/mol. The molecule has 0 atom stereocenters. The van der Waals surface area contributed by atoms with Crippen LogP contribution < -0.4 is 15.8 Å². The molecule has 0 radical (unpaired) electrons. The number of thiocarbonyl (C=S) groups is 1. The highest BCUT2D eigenvalue weighted by atomic mass is 35.5. The third kappa shape index (κ3) is 3.62. The summed E-state index contributed by atoms with van der Waals surface area (Å²) in [5.74, 6) is 0.845. The molecular formula is C15H15ClN2OS. The second kappa shape index (κ2) is 6.59. The molecule has 0 spiro atoms. The van der Waals surface area contributed by atoms with Gasteiger partial charge in [0.1, 0.15) is 10.7 Å². The van der Waals surface area contributed by atoms with Crippen LogP contribution in [0.2, 0.25) is 5.02 Å². The van der Waals surface area contributed by atoms with E-state index in [-0.39, 0.29) is 0 Å². The molecule has 2 aromatic rings. The summed E-state index contributed by atoms with van der Waals surface area (Å²) >= 11 is 11.0. The molecule has 0 fully saturated rings. The van der Waals surface area contributed by atoms with Crippen LogP contribution in [-0.2, 0) is 6.54 Å². The van der Waals surface area contributed by atoms with E-state index in [4.69, 9.17) is 34.3 Å². The van der Waals surface area contributed by atoms with Crippen molar-refractivity contribution in [2.24, 2.45) is 5.73 Å². The number of rotatable bonds is 5. The lowest BCUT2D eigenvalue weighted by Crippen LogP contribution is -2.10. The Bertz CT molecular complexity index is 614. The van der Waals surface area contributed by atoms with Crippen LogP contribution in [0.25, 0.3) is 0 Å². The summed E-state index contributed by atoms with van der Waals surface area (Å²) in [6.45, 7) is 0.701. The fourth-order valence-electron chi connectivity index (χ4n) is 1.77. The number of benzene rings is 2. The zero-order valence-corrected chi connectivity index (χ0v) is 12.6. The third-order valence-corrected chi connectivity index (χ3v) is 3.42. The molecule has 5 heteroatoms. The summed E-state index contributed by atoms with van der Waals surface area (Å²) < 4.78 is 5.12. The topological polar surface area (TPSA) is 47.3 Å². The highest BCUT2D eigenvalue weighted by molar-refractivity contribution is 7.80. The Hall–Kier alpha value is -1.78. The molecular weight excluding hydrogens is 292 g/mol. The zero-order valence-electron chi connectivity index (χ0n) is 11.0. The van der Waals surface area contributed by atoms with E-state index in [1.165, 1.54) is 0 Å². The molecule has 104 valence electrons. The molecule has 20 heavy (non-hydrogen) atoms. The molecule has 0 amide bonds. The Balaban J connectivity index is 2.03. The third-order valence-electron chi connectivity index (χ3n) is 2.89. The van der Waals surface area contributed by atoms with Crippen LogP contribution in [0.4, 0.5) is 5.69 Å². The zero-order chi connectivity index (χ0) is 14.5. The van der Waals surface area contributed by atoms with Crippen LogP contribution in [0, 0.1) is 0 Å². The summed E-state index contributed by atoms with van der Waals surface area (Å²) in [5.41, 5.74) is 8.34. The second-order valence-electron chi connectivity index (χ2n) is 4.26. The van der Waals surface area contributed by atoms with Crippen molar-refractivity contribution < 1.29 is 4.74 Å². The molecule has 0 unspecified atom stereocenters. The number of ether oxygens (including phenoxy) is 1. The fourth-order valence-corrected chi connectivity index (χ4v) is 2.29. The summed E-state index contributed by atoms with van der Waals surface area (Å²) in [6, 6.07) is 13.4. The first kappa shape index (κ1) is 14.6. The van der Waals surface area contributed by atoms with E-state index in [0.29, 0.717) is 22.1 Å². The van der Waals surface area contributed by atoms with Gasteiger partial charge in [-0.1, -0.05) is 36.0 Å². The van der Waals surface area contributed by atoms with Gasteiger partial charge in [-0.15, -0.1) is 0 Å². The van der Waals surface area contributed by atoms with Crippen LogP contribution in [0.15, 0.2) is 42.5 Å². The van der Waals surface area contributed by atoms with Crippen LogP contribution in [-0.4, -0.2) is 12.1 Å². The highest BCUT2D eigenvalue weighted by Crippen LogP contribution is 2.21. The monoisotopic (exact) mass is 306 g/mol. The van der Waals surface area contributed by atoms with Gasteiger partial charge in [-0.05, 0) is 35.9 Å². The largest absolute Gasteiger partial charge is 0.497 e. The lowest BCUT2D eigenvalue weighted by molar-refractivity contribution is 0.414. The number of methoxy groups -OCH3 is 1. The fraction of sp³-hybridized carbons (Fsp3) is 0.133. The van der Waals surface area contributed by atoms with Gasteiger partial charge in [-0.25, -0.2) is 0 Å². The van der Waals surface area contributed by atoms with Crippen molar-refractivity contribution in [3.05, 3.63) is 58.6 Å². The van der Waals surface area contributed by atoms with Gasteiger partial charge < -0.3 is 15.8 Å². The average Bonchev–Trinajstić information content (AvgIpc) is 2.45. The molecule has 0 aromatic heterocycles. The van der Waals surface area contributed by atoms with Gasteiger partial charge in [0.05, 0.1) is 12.1 Å². The van der Waals surface area contributed by atoms with Crippen molar-refractivity contribution in [1.82, 2.24) is 0 Å². The van der Waals surface area contributed by atoms with E-state index in [1.54, 1.807) is 7.11 Å². The van der Waals surface area contributed by atoms with E-state index in [0.717, 1.165) is 17.0 Å². The minimum atomic E-state index is 0.303. The van der Waals surface area contributed by atoms with Crippen LogP contribution >= 0.6 is 23.8 Å². The number of anilines is 1. The molecule has 2 aromatic carbocycles. The number of hydrogen-bond acceptors (Lipinski definition) is 3. The van der Waals surface area contributed by atoms with Crippen molar-refractivity contribution in [2.45, 2.75) is 6.54 Å². The van der Waals surface area contributed by atoms with Gasteiger partial charge in [0.25, 0.3) is 0 Å². The van der Waals surface area contributed by atoms with E-state index in [2.05, 4.69) is 5.32 Å². The summed E-state index contributed by atoms with van der Waals surface area (Å²) in [7, 11) is 1.65. The van der Waals surface area contributed by atoms with Gasteiger partial charge >= 0.3 is 0 Å². The maximum atomic E-state index is 6.12. The first-order valence-electron chi connectivity index (χ1n) is 6.06. The Kier molecular flexibility index (Phi) is 4.82. The molecule has 3 N–H and O–H groups in total. The van der Waals surface area contributed by atoms with E-state index >= 15 is 0 Å². The predicted octanol–water partition coefficient (Wildman–Crippen LogP) is 3.59. The summed E-state index contributed by atoms with van der Waals surface area (Å²) in [4.78, 5) is 0.303. The quantitative estimate of drug-likeness (QED) is 0.829. The van der Waals surface area contributed by atoms with Crippen molar-refractivity contribution in [1.29, 1.82) is 0 Å². The Morgan fingerprint density at radius 2 is 1.95 bits per heavy atom. The van der Waals surface area contributed by atoms with Gasteiger partial charge in [-0.3, -0.25) is 0 Å². The Morgan fingerprint density at radius 3 is 2.50 bits per heavy atom. The van der Waals surface area contributed by atoms with Crippen molar-refractivity contribution >= 4 is 34.5 Å². The minimum Gasteiger partial charge on any atom is -0.497 e. The SMILES string of the molecule is COc1ccc(CNc2ccc(C(N)=S)c(Cl)c2)cc1. The second-order valence-corrected chi connectivity index (χ2v) is 5.11. The number of hydrogen-bond donors (Lipinski definition) is 2. The van der Waals surface area contributed by atoms with Crippen LogP contribution in [0.3, 0.4) is 0 Å². The predicted molar refractivity (Wildman–Crippen MR) is 87.7 cm³/mol. The molecule has 0 saturated heterocycles. The molecule has 0 aliphatic carbocycles. The Morgan fingerprint density at radius 1 is 1.25 bits per heavy atom. The first-order chi connectivity index (χ1) is 9.60. The van der Waals surface area contributed by atoms with Gasteiger partial charge in [0.2, 0.25) is 0 Å². The van der Waals surface area contributed by atoms with E-state index < -0.39 is 0 Å². The maximum absolute atomic E-state index is 6.12. The lowest BCUT2D eigenvalue weighted by Gasteiger charge is -2.09. The molecule has 0 aliphatic rings. The minimum absolute atomic E-state index is 0.303. The number of nitrogens with one attached hydrogen (secondary N) is 1. The van der Waals surface area contributed by atoms with Crippen molar-refractivity contribution in [3.63, 3.8) is 0 Å². The van der Waals surface area contributed by atoms with Crippen LogP contribution in [0.5, 0.6) is 5.75 Å². The molecule has 0 aliphatic heterocycles. The van der Waals surface area contributed by atoms with Crippen molar-refractivity contribution in [3.8, 4) is 5.75 Å². The smallest absolute Gasteiger partial charge is 0.118 e. The normalized spacial score (nSPS) is 10.1. The standard InChI is InChI=1S/C15H15ClN2OS/c1-19-12-5-2-10(3-6-12)9-18-11-4-7-13(15(17)20)14(16)8-11/h2-8,18H,9H2,1H3,(H2,17,20). The molecule has 0 bridgehead atoms. The lowest BCUT2D eigenvalue weighted by atomic mass is 10.2. The van der Waals surface area contributed by atoms with Crippen LogP contribution in [0.1, 0.15) is 11.1 Å². The number of nitrogens with two attached hydrogens (primary N) is 1. The highest BCUT2D eigenvalue weighted by Gasteiger charge is 2.04. The Labute approximate surface area is 128 Å². The summed E-state index contributed by atoms with van der Waals surface area (Å²) in [6.07, 6.45) is 0. The maximum Gasteiger partial charge on any atom is 0.118 e. The van der Waals surface area contributed by atoms with Crippen molar-refractivity contribution in [2.75, 3.05) is 12.4 Å². The molecule has 3 nitrogen and oxygen atoms in total. The first-order valence-corrected chi connectivity index (χ1v) is 6.85. The summed E-state index contributed by atoms with van der Waals surface area (Å²) in [5, 5.41) is 3.85. The van der Waals surface area contributed by atoms with Gasteiger partial charge in [0.15, 0.2) is 0 Å². The van der Waals surface area contributed by atoms with Gasteiger partial charge in [0, 0.05) is 17.8 Å². The molecule has 2 rings (SSSR count). The molecule has 0 saturated carbocycles. The van der Waals surface area contributed by atoms with E-state index in [9.17, 15) is 0 Å². The number of halogens is 1. The van der Waals surface area contributed by atoms with Gasteiger partial charge in [-0.2, -0.15) is 0 Å².